The maximum Gasteiger partial charge on any atom is 0.208 e. The topological polar surface area (TPSA) is 37.3 Å². The minimum absolute atomic E-state index is 0.234. The van der Waals surface area contributed by atoms with Gasteiger partial charge in [0.1, 0.15) is 6.11 Å². The lowest BCUT2D eigenvalue weighted by molar-refractivity contribution is -0.113. The second-order valence-corrected chi connectivity index (χ2v) is 1.01. The van der Waals surface area contributed by atoms with E-state index in [9.17, 15) is 4.79 Å². The van der Waals surface area contributed by atoms with Crippen molar-refractivity contribution in [3.05, 3.63) is 0 Å². The third-order valence-electron chi connectivity index (χ3n) is 0.516. The molecule has 0 unspecified atom stereocenters. The van der Waals surface area contributed by atoms with Crippen LogP contribution in [0.4, 0.5) is 0 Å². The molecule has 0 aromatic carbocycles. The first-order valence-corrected chi connectivity index (χ1v) is 1.99. The summed E-state index contributed by atoms with van der Waals surface area (Å²) in [7, 11) is 0. The quantitative estimate of drug-likeness (QED) is 0.479. The molecule has 0 fully saturated rings. The zero-order chi connectivity index (χ0) is 5.70. The zero-order valence-corrected chi connectivity index (χ0v) is 4.06. The molecule has 1 N–H and O–H groups in total. The third kappa shape index (κ3) is 2.84. The number of hydrogen-bond donors (Lipinski definition) is 1. The van der Waals surface area contributed by atoms with Gasteiger partial charge in [-0.05, 0) is 0 Å². The van der Waals surface area contributed by atoms with E-state index >= 15 is 0 Å². The van der Waals surface area contributed by atoms with Gasteiger partial charge in [0.15, 0.2) is 0 Å². The van der Waals surface area contributed by atoms with Crippen LogP contribution in [-0.2, 0) is 4.79 Å². The molecule has 0 radical (unpaired) electrons. The Balaban J connectivity index is 3.52. The van der Waals surface area contributed by atoms with Gasteiger partial charge in [0.05, 0.1) is 0 Å². The Morgan fingerprint density at radius 1 is 1.86 bits per heavy atom. The summed E-state index contributed by atoms with van der Waals surface area (Å²) < 4.78 is 0. The first-order chi connectivity index (χ1) is 3.31. The largest absolute Gasteiger partial charge is 0.462 e. The normalized spacial score (nSPS) is 6.43. The van der Waals surface area contributed by atoms with Gasteiger partial charge in [-0.1, -0.05) is 6.92 Å². The lowest BCUT2D eigenvalue weighted by atomic mass is 10.3. The average Bonchev–Trinajstić information content (AvgIpc) is 1.68. The highest BCUT2D eigenvalue weighted by molar-refractivity contribution is 5.94. The van der Waals surface area contributed by atoms with Crippen molar-refractivity contribution in [3.8, 4) is 12.0 Å². The highest BCUT2D eigenvalue weighted by Crippen LogP contribution is 1.73. The van der Waals surface area contributed by atoms with Crippen LogP contribution in [0.25, 0.3) is 0 Å². The van der Waals surface area contributed by atoms with E-state index in [0.29, 0.717) is 6.42 Å². The Labute approximate surface area is 42.2 Å². The van der Waals surface area contributed by atoms with Crippen LogP contribution >= 0.6 is 0 Å². The molecule has 0 heterocycles. The molecule has 0 aromatic heterocycles. The van der Waals surface area contributed by atoms with E-state index in [-0.39, 0.29) is 5.78 Å². The molecule has 0 aromatic rings. The molecule has 0 aliphatic rings. The van der Waals surface area contributed by atoms with E-state index < -0.39 is 0 Å². The second kappa shape index (κ2) is 3.23. The SMILES string of the molecule is CCC(=O)C#CO. The van der Waals surface area contributed by atoms with Crippen molar-refractivity contribution in [2.24, 2.45) is 0 Å². The molecular formula is C5H6O2. The van der Waals surface area contributed by atoms with E-state index in [1.165, 1.54) is 6.11 Å². The molecule has 0 aliphatic heterocycles. The number of rotatable bonds is 1. The molecule has 0 rings (SSSR count). The maximum absolute atomic E-state index is 10.1. The van der Waals surface area contributed by atoms with Crippen LogP contribution in [0.1, 0.15) is 13.3 Å². The predicted octanol–water partition coefficient (Wildman–Crippen LogP) is 0.299. The highest BCUT2D eigenvalue weighted by atomic mass is 16.2. The summed E-state index contributed by atoms with van der Waals surface area (Å²) in [6.45, 7) is 1.69. The van der Waals surface area contributed by atoms with Gasteiger partial charge >= 0.3 is 0 Å². The van der Waals surface area contributed by atoms with E-state index in [1.807, 2.05) is 5.92 Å². The van der Waals surface area contributed by atoms with Crippen LogP contribution in [0, 0.1) is 12.0 Å². The van der Waals surface area contributed by atoms with Gasteiger partial charge in [-0.15, -0.1) is 0 Å². The summed E-state index contributed by atoms with van der Waals surface area (Å²) in [4.78, 5) is 10.1. The molecule has 0 atom stereocenters. The smallest absolute Gasteiger partial charge is 0.208 e. The number of carbonyl (C=O) groups is 1. The van der Waals surface area contributed by atoms with E-state index in [0.717, 1.165) is 0 Å². The summed E-state index contributed by atoms with van der Waals surface area (Å²) in [5.41, 5.74) is 0. The van der Waals surface area contributed by atoms with Crippen LogP contribution in [0.3, 0.4) is 0 Å². The lowest BCUT2D eigenvalue weighted by Gasteiger charge is -1.72. The molecule has 0 saturated heterocycles. The standard InChI is InChI=1S/C5H6O2/c1-2-5(7)3-4-6/h6H,2H2,1H3. The van der Waals surface area contributed by atoms with Crippen LogP contribution in [0.5, 0.6) is 0 Å². The molecule has 0 saturated carbocycles. The van der Waals surface area contributed by atoms with Crippen molar-refractivity contribution in [1.29, 1.82) is 0 Å². The van der Waals surface area contributed by atoms with Crippen LogP contribution < -0.4 is 0 Å². The van der Waals surface area contributed by atoms with Gasteiger partial charge in [0.25, 0.3) is 0 Å². The Hall–Kier alpha value is -0.970. The van der Waals surface area contributed by atoms with Gasteiger partial charge in [0, 0.05) is 12.3 Å². The van der Waals surface area contributed by atoms with Crippen molar-refractivity contribution in [2.75, 3.05) is 0 Å². The Morgan fingerprint density at radius 3 is 2.57 bits per heavy atom. The fraction of sp³-hybridized carbons (Fsp3) is 0.400. The molecule has 2 heteroatoms. The fourth-order valence-electron chi connectivity index (χ4n) is 0.151. The summed E-state index contributed by atoms with van der Waals surface area (Å²) in [6.07, 6.45) is 1.89. The van der Waals surface area contributed by atoms with Gasteiger partial charge < -0.3 is 5.11 Å². The molecule has 0 aliphatic carbocycles. The summed E-state index contributed by atoms with van der Waals surface area (Å²) >= 11 is 0. The molecule has 0 spiro atoms. The molecule has 0 bridgehead atoms. The van der Waals surface area contributed by atoms with E-state index in [1.54, 1.807) is 6.92 Å². The number of ketones is 1. The van der Waals surface area contributed by atoms with Crippen molar-refractivity contribution in [3.63, 3.8) is 0 Å². The maximum atomic E-state index is 10.1. The zero-order valence-electron chi connectivity index (χ0n) is 4.06. The summed E-state index contributed by atoms with van der Waals surface area (Å²) in [5, 5.41) is 7.79. The molecule has 7 heavy (non-hydrogen) atoms. The number of aliphatic hydroxyl groups excluding tert-OH is 1. The fourth-order valence-corrected chi connectivity index (χ4v) is 0.151. The molecule has 38 valence electrons. The summed E-state index contributed by atoms with van der Waals surface area (Å²) in [6, 6.07) is 0. The van der Waals surface area contributed by atoms with E-state index in [4.69, 9.17) is 5.11 Å². The Morgan fingerprint density at radius 2 is 2.43 bits per heavy atom. The van der Waals surface area contributed by atoms with Crippen molar-refractivity contribution in [1.82, 2.24) is 0 Å². The van der Waals surface area contributed by atoms with Crippen molar-refractivity contribution >= 4 is 5.78 Å². The predicted molar refractivity (Wildman–Crippen MR) is 25.0 cm³/mol. The number of carbonyl (C=O) groups excluding carboxylic acids is 1. The Kier molecular flexibility index (Phi) is 2.78. The van der Waals surface area contributed by atoms with Crippen LogP contribution in [0.2, 0.25) is 0 Å². The van der Waals surface area contributed by atoms with Gasteiger partial charge in [-0.3, -0.25) is 4.79 Å². The minimum atomic E-state index is -0.234. The van der Waals surface area contributed by atoms with Crippen molar-refractivity contribution in [2.45, 2.75) is 13.3 Å². The van der Waals surface area contributed by atoms with Crippen molar-refractivity contribution < 1.29 is 9.90 Å². The van der Waals surface area contributed by atoms with Gasteiger partial charge in [-0.2, -0.15) is 0 Å². The third-order valence-corrected chi connectivity index (χ3v) is 0.516. The van der Waals surface area contributed by atoms with Crippen LogP contribution in [-0.4, -0.2) is 10.9 Å². The van der Waals surface area contributed by atoms with Gasteiger partial charge in [0.2, 0.25) is 5.78 Å². The van der Waals surface area contributed by atoms with Crippen LogP contribution in [0.15, 0.2) is 0 Å². The van der Waals surface area contributed by atoms with E-state index in [2.05, 4.69) is 0 Å². The monoisotopic (exact) mass is 98.0 g/mol. The molecular weight excluding hydrogens is 92.1 g/mol. The Bertz CT molecular complexity index is 116. The lowest BCUT2D eigenvalue weighted by Crippen LogP contribution is -1.86. The highest BCUT2D eigenvalue weighted by Gasteiger charge is 1.85. The number of aliphatic hydroxyl groups is 1. The minimum Gasteiger partial charge on any atom is -0.462 e. The van der Waals surface area contributed by atoms with Gasteiger partial charge in [-0.25, -0.2) is 0 Å². The number of Topliss-reactive ketones (excluding diaryl/α,β-unsaturated/α-hetero) is 1. The molecule has 0 amide bonds. The molecule has 2 nitrogen and oxygen atoms in total. The summed E-state index contributed by atoms with van der Waals surface area (Å²) in [5.74, 6) is 1.73. The first-order valence-electron chi connectivity index (χ1n) is 1.99. The number of hydrogen-bond acceptors (Lipinski definition) is 2. The second-order valence-electron chi connectivity index (χ2n) is 1.01. The first kappa shape index (κ1) is 6.03. The average molecular weight is 98.1 g/mol.